The van der Waals surface area contributed by atoms with Crippen molar-refractivity contribution in [1.29, 1.82) is 0 Å². The van der Waals surface area contributed by atoms with Crippen LogP contribution in [0.3, 0.4) is 0 Å². The summed E-state index contributed by atoms with van der Waals surface area (Å²) in [7, 11) is 6.31. The van der Waals surface area contributed by atoms with Crippen molar-refractivity contribution in [3.05, 3.63) is 35.4 Å². The first kappa shape index (κ1) is 17.3. The Labute approximate surface area is 132 Å². The van der Waals surface area contributed by atoms with Gasteiger partial charge in [0.1, 0.15) is 11.6 Å². The third-order valence-corrected chi connectivity index (χ3v) is 4.60. The fourth-order valence-corrected chi connectivity index (χ4v) is 2.97. The molecule has 0 saturated carbocycles. The average molecular weight is 311 g/mol. The van der Waals surface area contributed by atoms with Crippen molar-refractivity contribution in [2.75, 3.05) is 47.3 Å². The van der Waals surface area contributed by atoms with Crippen LogP contribution in [0.2, 0.25) is 0 Å². The van der Waals surface area contributed by atoms with Gasteiger partial charge in [0, 0.05) is 37.3 Å². The fraction of sp³-hybridized carbons (Fsp3) is 0.647. The minimum Gasteiger partial charge on any atom is -0.306 e. The zero-order valence-electron chi connectivity index (χ0n) is 13.9. The monoisotopic (exact) mass is 311 g/mol. The topological polar surface area (TPSA) is 9.72 Å². The molecule has 1 aromatic carbocycles. The van der Waals surface area contributed by atoms with Crippen molar-refractivity contribution < 1.29 is 8.78 Å². The van der Waals surface area contributed by atoms with E-state index < -0.39 is 11.6 Å². The van der Waals surface area contributed by atoms with Crippen molar-refractivity contribution in [3.63, 3.8) is 0 Å². The van der Waals surface area contributed by atoms with Crippen molar-refractivity contribution >= 4 is 0 Å². The molecule has 0 radical (unpaired) electrons. The van der Waals surface area contributed by atoms with Crippen LogP contribution in [0.4, 0.5) is 8.78 Å². The SMILES string of the molecule is CN1CCC(N(C)CCN(C)Cc2ccc(F)cc2F)CC1. The average Bonchev–Trinajstić information content (AvgIpc) is 2.48. The molecule has 1 heterocycles. The lowest BCUT2D eigenvalue weighted by Gasteiger charge is -2.35. The molecular weight excluding hydrogens is 284 g/mol. The van der Waals surface area contributed by atoms with Crippen LogP contribution < -0.4 is 0 Å². The zero-order valence-corrected chi connectivity index (χ0v) is 13.9. The van der Waals surface area contributed by atoms with E-state index >= 15 is 0 Å². The summed E-state index contributed by atoms with van der Waals surface area (Å²) in [6.45, 7) is 4.66. The third kappa shape index (κ3) is 5.00. The fourth-order valence-electron chi connectivity index (χ4n) is 2.97. The van der Waals surface area contributed by atoms with Gasteiger partial charge >= 0.3 is 0 Å². The van der Waals surface area contributed by atoms with Crippen LogP contribution >= 0.6 is 0 Å². The molecule has 0 aromatic heterocycles. The number of likely N-dealkylation sites (N-methyl/N-ethyl adjacent to an activating group) is 2. The summed E-state index contributed by atoms with van der Waals surface area (Å²) in [4.78, 5) is 6.86. The Morgan fingerprint density at radius 1 is 1.14 bits per heavy atom. The second-order valence-electron chi connectivity index (χ2n) is 6.49. The van der Waals surface area contributed by atoms with Gasteiger partial charge in [-0.05, 0) is 53.1 Å². The van der Waals surface area contributed by atoms with Crippen molar-refractivity contribution in [2.45, 2.75) is 25.4 Å². The summed E-state index contributed by atoms with van der Waals surface area (Å²) in [5.74, 6) is -0.985. The summed E-state index contributed by atoms with van der Waals surface area (Å²) < 4.78 is 26.6. The second-order valence-corrected chi connectivity index (χ2v) is 6.49. The van der Waals surface area contributed by atoms with Crippen LogP contribution in [0.25, 0.3) is 0 Å². The molecule has 124 valence electrons. The molecule has 0 amide bonds. The maximum atomic E-state index is 13.7. The molecule has 1 aliphatic heterocycles. The number of hydrogen-bond acceptors (Lipinski definition) is 3. The number of hydrogen-bond donors (Lipinski definition) is 0. The number of rotatable bonds is 6. The van der Waals surface area contributed by atoms with Crippen LogP contribution in [-0.4, -0.2) is 68.1 Å². The van der Waals surface area contributed by atoms with E-state index in [-0.39, 0.29) is 0 Å². The lowest BCUT2D eigenvalue weighted by Crippen LogP contribution is -2.44. The Hall–Kier alpha value is -1.04. The second kappa shape index (κ2) is 7.99. The summed E-state index contributed by atoms with van der Waals surface area (Å²) >= 11 is 0. The van der Waals surface area contributed by atoms with Gasteiger partial charge in [-0.2, -0.15) is 0 Å². The molecule has 0 N–H and O–H groups in total. The normalized spacial score (nSPS) is 17.6. The first-order valence-electron chi connectivity index (χ1n) is 7.97. The Kier molecular flexibility index (Phi) is 6.29. The van der Waals surface area contributed by atoms with Gasteiger partial charge < -0.3 is 14.7 Å². The van der Waals surface area contributed by atoms with E-state index in [1.165, 1.54) is 25.0 Å². The maximum Gasteiger partial charge on any atom is 0.130 e. The van der Waals surface area contributed by atoms with Crippen LogP contribution in [-0.2, 0) is 6.54 Å². The van der Waals surface area contributed by atoms with E-state index in [4.69, 9.17) is 0 Å². The van der Waals surface area contributed by atoms with Crippen LogP contribution in [0.15, 0.2) is 18.2 Å². The molecule has 2 rings (SSSR count). The zero-order chi connectivity index (χ0) is 16.1. The van der Waals surface area contributed by atoms with Crippen LogP contribution in [0.1, 0.15) is 18.4 Å². The van der Waals surface area contributed by atoms with E-state index in [1.807, 2.05) is 7.05 Å². The largest absolute Gasteiger partial charge is 0.306 e. The van der Waals surface area contributed by atoms with E-state index in [9.17, 15) is 8.78 Å². The standard InChI is InChI=1S/C17H27F2N3/c1-20-8-6-16(7-9-20)22(3)11-10-21(2)13-14-4-5-15(18)12-17(14)19/h4-5,12,16H,6-11,13H2,1-3H3. The lowest BCUT2D eigenvalue weighted by atomic mass is 10.0. The Morgan fingerprint density at radius 3 is 2.45 bits per heavy atom. The molecule has 0 bridgehead atoms. The first-order valence-corrected chi connectivity index (χ1v) is 7.97. The predicted octanol–water partition coefficient (Wildman–Crippen LogP) is 2.42. The minimum atomic E-state index is -0.522. The highest BCUT2D eigenvalue weighted by Gasteiger charge is 2.20. The molecule has 1 fully saturated rings. The number of halogens is 2. The summed E-state index contributed by atoms with van der Waals surface area (Å²) in [5.41, 5.74) is 0.547. The van der Waals surface area contributed by atoms with Gasteiger partial charge in [-0.25, -0.2) is 8.78 Å². The Bertz CT molecular complexity index is 473. The van der Waals surface area contributed by atoms with Crippen LogP contribution in [0, 0.1) is 11.6 Å². The van der Waals surface area contributed by atoms with Crippen LogP contribution in [0.5, 0.6) is 0 Å². The first-order chi connectivity index (χ1) is 10.5. The van der Waals surface area contributed by atoms with Gasteiger partial charge in [-0.15, -0.1) is 0 Å². The molecule has 0 spiro atoms. The van der Waals surface area contributed by atoms with Gasteiger partial charge in [-0.3, -0.25) is 0 Å². The quantitative estimate of drug-likeness (QED) is 0.799. The molecule has 3 nitrogen and oxygen atoms in total. The summed E-state index contributed by atoms with van der Waals surface area (Å²) in [6, 6.07) is 4.44. The lowest BCUT2D eigenvalue weighted by molar-refractivity contribution is 0.132. The van der Waals surface area contributed by atoms with Crippen molar-refractivity contribution in [2.24, 2.45) is 0 Å². The van der Waals surface area contributed by atoms with Gasteiger partial charge in [0.05, 0.1) is 0 Å². The summed E-state index contributed by atoms with van der Waals surface area (Å²) in [5, 5.41) is 0. The summed E-state index contributed by atoms with van der Waals surface area (Å²) in [6.07, 6.45) is 2.42. The Balaban J connectivity index is 1.76. The van der Waals surface area contributed by atoms with E-state index in [0.717, 1.165) is 32.2 Å². The van der Waals surface area contributed by atoms with Crippen molar-refractivity contribution in [3.8, 4) is 0 Å². The number of benzene rings is 1. The number of piperidine rings is 1. The molecule has 0 atom stereocenters. The molecule has 1 aliphatic rings. The highest BCUT2D eigenvalue weighted by Crippen LogP contribution is 2.15. The van der Waals surface area contributed by atoms with Gasteiger partial charge in [-0.1, -0.05) is 6.07 Å². The van der Waals surface area contributed by atoms with E-state index in [0.29, 0.717) is 18.2 Å². The highest BCUT2D eigenvalue weighted by atomic mass is 19.1. The van der Waals surface area contributed by atoms with Gasteiger partial charge in [0.2, 0.25) is 0 Å². The van der Waals surface area contributed by atoms with E-state index in [2.05, 4.69) is 28.8 Å². The smallest absolute Gasteiger partial charge is 0.130 e. The molecular formula is C17H27F2N3. The highest BCUT2D eigenvalue weighted by molar-refractivity contribution is 5.18. The molecule has 1 saturated heterocycles. The van der Waals surface area contributed by atoms with Gasteiger partial charge in [0.25, 0.3) is 0 Å². The predicted molar refractivity (Wildman–Crippen MR) is 85.8 cm³/mol. The van der Waals surface area contributed by atoms with Gasteiger partial charge in [0.15, 0.2) is 0 Å². The number of likely N-dealkylation sites (tertiary alicyclic amines) is 1. The third-order valence-electron chi connectivity index (χ3n) is 4.60. The maximum absolute atomic E-state index is 13.7. The Morgan fingerprint density at radius 2 is 1.82 bits per heavy atom. The molecule has 0 aliphatic carbocycles. The minimum absolute atomic E-state index is 0.462. The molecule has 1 aromatic rings. The van der Waals surface area contributed by atoms with E-state index in [1.54, 1.807) is 0 Å². The molecule has 22 heavy (non-hydrogen) atoms. The molecule has 0 unspecified atom stereocenters. The number of nitrogens with zero attached hydrogens (tertiary/aromatic N) is 3. The molecule has 5 heteroatoms. The van der Waals surface area contributed by atoms with Crippen molar-refractivity contribution in [1.82, 2.24) is 14.7 Å².